The maximum Gasteiger partial charge on any atom is 0.133 e. The Morgan fingerprint density at radius 1 is 1.28 bits per heavy atom. The first-order chi connectivity index (χ1) is 8.72. The molecule has 2 aliphatic rings. The topological polar surface area (TPSA) is 54.2 Å². The van der Waals surface area contributed by atoms with Crippen LogP contribution in [0, 0.1) is 0 Å². The molecular formula is C13H19ClN4. The molecule has 0 bridgehead atoms. The molecule has 3 N–H and O–H groups in total. The highest BCUT2D eigenvalue weighted by Crippen LogP contribution is 2.29. The van der Waals surface area contributed by atoms with Crippen LogP contribution in [0.4, 0.5) is 11.5 Å². The zero-order valence-corrected chi connectivity index (χ0v) is 11.2. The van der Waals surface area contributed by atoms with E-state index >= 15 is 0 Å². The van der Waals surface area contributed by atoms with Crippen molar-refractivity contribution in [3.8, 4) is 0 Å². The number of anilines is 2. The van der Waals surface area contributed by atoms with Gasteiger partial charge in [-0.2, -0.15) is 0 Å². The first-order valence-electron chi connectivity index (χ1n) is 6.66. The van der Waals surface area contributed by atoms with E-state index in [4.69, 9.17) is 17.3 Å². The summed E-state index contributed by atoms with van der Waals surface area (Å²) in [6.45, 7) is 2.44. The van der Waals surface area contributed by atoms with Gasteiger partial charge >= 0.3 is 0 Å². The predicted molar refractivity (Wildman–Crippen MR) is 74.9 cm³/mol. The van der Waals surface area contributed by atoms with Gasteiger partial charge in [-0.05, 0) is 31.9 Å². The standard InChI is InChI=1S/C13H19ClN4/c14-12-7-9(15)8-13(17-12)16-10-4-6-18-5-2-1-3-11(10)18/h7-8,10-11H,1-6H2,(H3,15,16,17). The number of hydrogen-bond donors (Lipinski definition) is 2. The lowest BCUT2D eigenvalue weighted by atomic mass is 9.99. The van der Waals surface area contributed by atoms with Crippen LogP contribution in [0.1, 0.15) is 25.7 Å². The van der Waals surface area contributed by atoms with Crippen LogP contribution in [0.25, 0.3) is 0 Å². The summed E-state index contributed by atoms with van der Waals surface area (Å²) in [7, 11) is 0. The van der Waals surface area contributed by atoms with E-state index in [2.05, 4.69) is 15.2 Å². The van der Waals surface area contributed by atoms with Gasteiger partial charge in [0.05, 0.1) is 0 Å². The zero-order chi connectivity index (χ0) is 12.5. The van der Waals surface area contributed by atoms with Crippen molar-refractivity contribution >= 4 is 23.1 Å². The van der Waals surface area contributed by atoms with Crippen LogP contribution in [-0.4, -0.2) is 35.1 Å². The quantitative estimate of drug-likeness (QED) is 0.807. The smallest absolute Gasteiger partial charge is 0.133 e. The Morgan fingerprint density at radius 2 is 2.17 bits per heavy atom. The van der Waals surface area contributed by atoms with Crippen LogP contribution in [0.2, 0.25) is 5.15 Å². The number of nitrogens with one attached hydrogen (secondary N) is 1. The number of rotatable bonds is 2. The van der Waals surface area contributed by atoms with Gasteiger partial charge in [0.25, 0.3) is 0 Å². The van der Waals surface area contributed by atoms with Crippen molar-refractivity contribution in [1.29, 1.82) is 0 Å². The first-order valence-corrected chi connectivity index (χ1v) is 7.04. The number of halogens is 1. The number of nitrogen functional groups attached to an aromatic ring is 1. The molecule has 3 heterocycles. The lowest BCUT2D eigenvalue weighted by molar-refractivity contribution is 0.192. The number of nitrogens with two attached hydrogens (primary N) is 1. The van der Waals surface area contributed by atoms with Crippen molar-refractivity contribution in [2.75, 3.05) is 24.1 Å². The second kappa shape index (κ2) is 4.94. The van der Waals surface area contributed by atoms with Crippen LogP contribution >= 0.6 is 11.6 Å². The van der Waals surface area contributed by atoms with E-state index in [0.717, 1.165) is 5.82 Å². The molecule has 0 spiro atoms. The minimum Gasteiger partial charge on any atom is -0.399 e. The fourth-order valence-corrected chi connectivity index (χ4v) is 3.41. The number of nitrogens with zero attached hydrogens (tertiary/aromatic N) is 2. The fraction of sp³-hybridized carbons (Fsp3) is 0.615. The molecule has 2 aliphatic heterocycles. The van der Waals surface area contributed by atoms with Gasteiger partial charge < -0.3 is 11.1 Å². The monoisotopic (exact) mass is 266 g/mol. The summed E-state index contributed by atoms with van der Waals surface area (Å²) in [5.74, 6) is 0.803. The third-order valence-corrected chi connectivity index (χ3v) is 4.20. The van der Waals surface area contributed by atoms with Gasteiger partial charge in [-0.15, -0.1) is 0 Å². The number of fused-ring (bicyclic) bond motifs is 1. The SMILES string of the molecule is Nc1cc(Cl)nc(NC2CCN3CCCCC23)c1. The Hall–Kier alpha value is -1.00. The molecule has 18 heavy (non-hydrogen) atoms. The van der Waals surface area contributed by atoms with Gasteiger partial charge in [0, 0.05) is 30.4 Å². The lowest BCUT2D eigenvalue weighted by Crippen LogP contribution is -2.41. The first kappa shape index (κ1) is 12.1. The Morgan fingerprint density at radius 3 is 3.00 bits per heavy atom. The van der Waals surface area contributed by atoms with Gasteiger partial charge in [-0.3, -0.25) is 4.90 Å². The molecule has 0 aliphatic carbocycles. The van der Waals surface area contributed by atoms with Crippen molar-refractivity contribution in [3.05, 3.63) is 17.3 Å². The van der Waals surface area contributed by atoms with Gasteiger partial charge in [-0.1, -0.05) is 18.0 Å². The predicted octanol–water partition coefficient (Wildman–Crippen LogP) is 2.36. The second-order valence-electron chi connectivity index (χ2n) is 5.25. The number of piperidine rings is 1. The average Bonchev–Trinajstić information content (AvgIpc) is 2.72. The summed E-state index contributed by atoms with van der Waals surface area (Å²) < 4.78 is 0. The van der Waals surface area contributed by atoms with E-state index in [0.29, 0.717) is 22.9 Å². The van der Waals surface area contributed by atoms with Crippen molar-refractivity contribution in [1.82, 2.24) is 9.88 Å². The molecule has 98 valence electrons. The summed E-state index contributed by atoms with van der Waals surface area (Å²) >= 11 is 5.93. The minimum atomic E-state index is 0.455. The summed E-state index contributed by atoms with van der Waals surface area (Å²) in [4.78, 5) is 6.88. The number of hydrogen-bond acceptors (Lipinski definition) is 4. The molecule has 1 aromatic heterocycles. The normalized spacial score (nSPS) is 28.1. The highest BCUT2D eigenvalue weighted by molar-refractivity contribution is 6.29. The number of pyridine rings is 1. The Kier molecular flexibility index (Phi) is 3.31. The zero-order valence-electron chi connectivity index (χ0n) is 10.4. The van der Waals surface area contributed by atoms with Crippen molar-refractivity contribution in [2.24, 2.45) is 0 Å². The third-order valence-electron chi connectivity index (χ3n) is 4.01. The Balaban J connectivity index is 1.72. The summed E-state index contributed by atoms with van der Waals surface area (Å²) in [6.07, 6.45) is 5.14. The molecule has 0 amide bonds. The van der Waals surface area contributed by atoms with Crippen LogP contribution in [0.3, 0.4) is 0 Å². The van der Waals surface area contributed by atoms with E-state index in [1.807, 2.05) is 6.07 Å². The lowest BCUT2D eigenvalue weighted by Gasteiger charge is -2.32. The van der Waals surface area contributed by atoms with Crippen LogP contribution < -0.4 is 11.1 Å². The summed E-state index contributed by atoms with van der Waals surface area (Å²) in [5, 5.41) is 3.96. The summed E-state index contributed by atoms with van der Waals surface area (Å²) in [5.41, 5.74) is 6.45. The molecule has 2 fully saturated rings. The molecule has 0 saturated carbocycles. The van der Waals surface area contributed by atoms with E-state index < -0.39 is 0 Å². The maximum absolute atomic E-state index is 5.93. The molecular weight excluding hydrogens is 248 g/mol. The van der Waals surface area contributed by atoms with Crippen LogP contribution in [-0.2, 0) is 0 Å². The van der Waals surface area contributed by atoms with Crippen molar-refractivity contribution in [2.45, 2.75) is 37.8 Å². The molecule has 3 rings (SSSR count). The molecule has 0 aromatic carbocycles. The van der Waals surface area contributed by atoms with Gasteiger partial charge in [0.2, 0.25) is 0 Å². The number of aromatic nitrogens is 1. The second-order valence-corrected chi connectivity index (χ2v) is 5.63. The van der Waals surface area contributed by atoms with Crippen LogP contribution in [0.5, 0.6) is 0 Å². The Bertz CT molecular complexity index is 417. The Labute approximate surface area is 113 Å². The highest BCUT2D eigenvalue weighted by atomic mass is 35.5. The molecule has 1 aromatic rings. The maximum atomic E-state index is 5.93. The molecule has 0 radical (unpaired) electrons. The van der Waals surface area contributed by atoms with Crippen molar-refractivity contribution in [3.63, 3.8) is 0 Å². The summed E-state index contributed by atoms with van der Waals surface area (Å²) in [6, 6.07) is 4.67. The van der Waals surface area contributed by atoms with Gasteiger partial charge in [0.1, 0.15) is 11.0 Å². The van der Waals surface area contributed by atoms with E-state index in [1.54, 1.807) is 6.07 Å². The van der Waals surface area contributed by atoms with E-state index in [1.165, 1.54) is 38.8 Å². The van der Waals surface area contributed by atoms with Gasteiger partial charge in [0.15, 0.2) is 0 Å². The largest absolute Gasteiger partial charge is 0.399 e. The van der Waals surface area contributed by atoms with Crippen molar-refractivity contribution < 1.29 is 0 Å². The molecule has 2 atom stereocenters. The van der Waals surface area contributed by atoms with Gasteiger partial charge in [-0.25, -0.2) is 4.98 Å². The van der Waals surface area contributed by atoms with E-state index in [9.17, 15) is 0 Å². The molecule has 4 nitrogen and oxygen atoms in total. The third kappa shape index (κ3) is 2.40. The minimum absolute atomic E-state index is 0.455. The molecule has 5 heteroatoms. The highest BCUT2D eigenvalue weighted by Gasteiger charge is 2.35. The van der Waals surface area contributed by atoms with Crippen LogP contribution in [0.15, 0.2) is 12.1 Å². The fourth-order valence-electron chi connectivity index (χ4n) is 3.20. The molecule has 2 saturated heterocycles. The molecule has 2 unspecified atom stereocenters. The average molecular weight is 267 g/mol. The van der Waals surface area contributed by atoms with E-state index in [-0.39, 0.29) is 0 Å².